The van der Waals surface area contributed by atoms with Crippen LogP contribution < -0.4 is 10.6 Å². The Morgan fingerprint density at radius 1 is 1.36 bits per heavy atom. The number of carbonyl (C=O) groups excluding carboxylic acids is 3. The first-order valence-corrected chi connectivity index (χ1v) is 8.42. The first kappa shape index (κ1) is 17.3. The first-order valence-electron chi connectivity index (χ1n) is 8.42. The summed E-state index contributed by atoms with van der Waals surface area (Å²) < 4.78 is 0. The molecule has 3 N–H and O–H groups in total. The fraction of sp³-hybridized carbons (Fsp3) is 0.529. The summed E-state index contributed by atoms with van der Waals surface area (Å²) in [6, 6.07) is 2.58. The smallest absolute Gasteiger partial charge is 0.322 e. The third-order valence-corrected chi connectivity index (χ3v) is 4.84. The number of pyridine rings is 1. The lowest BCUT2D eigenvalue weighted by molar-refractivity contribution is -0.136. The lowest BCUT2D eigenvalue weighted by Crippen LogP contribution is -2.45. The van der Waals surface area contributed by atoms with Gasteiger partial charge in [0.15, 0.2) is 0 Å². The molecule has 0 aliphatic carbocycles. The molecule has 0 unspecified atom stereocenters. The van der Waals surface area contributed by atoms with E-state index in [1.54, 1.807) is 11.1 Å². The molecule has 25 heavy (non-hydrogen) atoms. The SMILES string of the molecule is Cc1ccc(C2(O)CCN(C(=O)CC[C@H]3NC(=O)NC3=O)CC2)nc1. The van der Waals surface area contributed by atoms with E-state index in [9.17, 15) is 19.5 Å². The maximum atomic E-state index is 12.3. The Morgan fingerprint density at radius 3 is 2.64 bits per heavy atom. The molecule has 0 aromatic carbocycles. The molecule has 0 radical (unpaired) electrons. The maximum absolute atomic E-state index is 12.3. The monoisotopic (exact) mass is 346 g/mol. The number of rotatable bonds is 4. The Balaban J connectivity index is 1.51. The van der Waals surface area contributed by atoms with Gasteiger partial charge < -0.3 is 15.3 Å². The third-order valence-electron chi connectivity index (χ3n) is 4.84. The number of nitrogens with zero attached hydrogens (tertiary/aromatic N) is 2. The van der Waals surface area contributed by atoms with Crippen LogP contribution in [0.25, 0.3) is 0 Å². The Hall–Kier alpha value is -2.48. The summed E-state index contributed by atoms with van der Waals surface area (Å²) >= 11 is 0. The number of aromatic nitrogens is 1. The average molecular weight is 346 g/mol. The van der Waals surface area contributed by atoms with Gasteiger partial charge in [0.2, 0.25) is 5.91 Å². The first-order chi connectivity index (χ1) is 11.9. The quantitative estimate of drug-likeness (QED) is 0.674. The van der Waals surface area contributed by atoms with Crippen LogP contribution in [0, 0.1) is 6.92 Å². The third kappa shape index (κ3) is 3.79. The van der Waals surface area contributed by atoms with Gasteiger partial charge in [0.25, 0.3) is 5.91 Å². The van der Waals surface area contributed by atoms with Crippen molar-refractivity contribution in [2.45, 2.75) is 44.2 Å². The van der Waals surface area contributed by atoms with E-state index in [1.807, 2.05) is 19.1 Å². The minimum atomic E-state index is -1.01. The van der Waals surface area contributed by atoms with Gasteiger partial charge in [-0.05, 0) is 37.8 Å². The van der Waals surface area contributed by atoms with Crippen molar-refractivity contribution in [3.05, 3.63) is 29.6 Å². The molecule has 4 amide bonds. The minimum Gasteiger partial charge on any atom is -0.383 e. The van der Waals surface area contributed by atoms with Gasteiger partial charge in [0.1, 0.15) is 11.6 Å². The van der Waals surface area contributed by atoms with Crippen molar-refractivity contribution in [1.29, 1.82) is 0 Å². The highest BCUT2D eigenvalue weighted by atomic mass is 16.3. The van der Waals surface area contributed by atoms with Gasteiger partial charge >= 0.3 is 6.03 Å². The highest BCUT2D eigenvalue weighted by molar-refractivity contribution is 6.04. The summed E-state index contributed by atoms with van der Waals surface area (Å²) in [5.74, 6) is -0.468. The topological polar surface area (TPSA) is 112 Å². The van der Waals surface area contributed by atoms with Crippen LogP contribution in [0.4, 0.5) is 4.79 Å². The zero-order valence-electron chi connectivity index (χ0n) is 14.1. The molecule has 1 aromatic heterocycles. The summed E-state index contributed by atoms with van der Waals surface area (Å²) in [6.07, 6.45) is 3.03. The number of piperidine rings is 1. The number of hydrogen-bond acceptors (Lipinski definition) is 5. The van der Waals surface area contributed by atoms with Crippen LogP contribution in [0.15, 0.2) is 18.3 Å². The Labute approximate surface area is 145 Å². The van der Waals surface area contributed by atoms with Gasteiger partial charge in [0, 0.05) is 25.7 Å². The van der Waals surface area contributed by atoms with E-state index in [0.717, 1.165) is 5.56 Å². The Morgan fingerprint density at radius 2 is 2.08 bits per heavy atom. The van der Waals surface area contributed by atoms with Gasteiger partial charge in [0.05, 0.1) is 5.69 Å². The van der Waals surface area contributed by atoms with Gasteiger partial charge in [-0.25, -0.2) is 4.79 Å². The number of urea groups is 1. The molecule has 0 spiro atoms. The number of aryl methyl sites for hydroxylation is 1. The summed E-state index contributed by atoms with van der Waals surface area (Å²) in [4.78, 5) is 40.9. The predicted octanol–water partition coefficient (Wildman–Crippen LogP) is 0.188. The van der Waals surface area contributed by atoms with Crippen molar-refractivity contribution in [2.24, 2.45) is 0 Å². The van der Waals surface area contributed by atoms with E-state index in [0.29, 0.717) is 31.6 Å². The number of nitrogens with one attached hydrogen (secondary N) is 2. The van der Waals surface area contributed by atoms with Crippen LogP contribution in [0.5, 0.6) is 0 Å². The lowest BCUT2D eigenvalue weighted by Gasteiger charge is -2.38. The predicted molar refractivity (Wildman–Crippen MR) is 88.4 cm³/mol. The molecule has 2 aliphatic rings. The van der Waals surface area contributed by atoms with Crippen LogP contribution in [0.1, 0.15) is 36.9 Å². The summed E-state index contributed by atoms with van der Waals surface area (Å²) in [5, 5.41) is 15.4. The molecular formula is C17H22N4O4. The largest absolute Gasteiger partial charge is 0.383 e. The van der Waals surface area contributed by atoms with E-state index in [4.69, 9.17) is 0 Å². The Bertz CT molecular complexity index is 680. The summed E-state index contributed by atoms with van der Waals surface area (Å²) in [5.41, 5.74) is 0.655. The van der Waals surface area contributed by atoms with Crippen molar-refractivity contribution in [2.75, 3.05) is 13.1 Å². The molecule has 0 saturated carbocycles. The van der Waals surface area contributed by atoms with E-state index in [-0.39, 0.29) is 18.7 Å². The normalized spacial score (nSPS) is 22.5. The second-order valence-corrected chi connectivity index (χ2v) is 6.69. The van der Waals surface area contributed by atoms with Crippen LogP contribution in [0.3, 0.4) is 0 Å². The highest BCUT2D eigenvalue weighted by Crippen LogP contribution is 2.31. The number of amides is 4. The zero-order valence-corrected chi connectivity index (χ0v) is 14.1. The van der Waals surface area contributed by atoms with Crippen molar-refractivity contribution in [3.63, 3.8) is 0 Å². The molecule has 8 nitrogen and oxygen atoms in total. The number of imide groups is 1. The maximum Gasteiger partial charge on any atom is 0.322 e. The van der Waals surface area contributed by atoms with Crippen molar-refractivity contribution in [1.82, 2.24) is 20.5 Å². The molecule has 1 atom stereocenters. The molecule has 8 heteroatoms. The Kier molecular flexibility index (Phi) is 4.71. The standard InChI is InChI=1S/C17H22N4O4/c1-11-2-4-13(18-10-11)17(25)6-8-21(9-7-17)14(22)5-3-12-15(23)20-16(24)19-12/h2,4,10,12,25H,3,5-9H2,1H3,(H2,19,20,23,24)/t12-/m1/s1. The number of carbonyl (C=O) groups is 3. The fourth-order valence-electron chi connectivity index (χ4n) is 3.21. The molecule has 2 fully saturated rings. The van der Waals surface area contributed by atoms with Gasteiger partial charge in [-0.15, -0.1) is 0 Å². The second-order valence-electron chi connectivity index (χ2n) is 6.69. The number of likely N-dealkylation sites (tertiary alicyclic amines) is 1. The summed E-state index contributed by atoms with van der Waals surface area (Å²) in [6.45, 7) is 2.82. The molecule has 3 rings (SSSR count). The molecule has 3 heterocycles. The molecule has 1 aromatic rings. The van der Waals surface area contributed by atoms with Gasteiger partial charge in [-0.3, -0.25) is 19.9 Å². The molecular weight excluding hydrogens is 324 g/mol. The lowest BCUT2D eigenvalue weighted by atomic mass is 9.87. The second kappa shape index (κ2) is 6.79. The average Bonchev–Trinajstić information content (AvgIpc) is 2.91. The van der Waals surface area contributed by atoms with Gasteiger partial charge in [-0.1, -0.05) is 6.07 Å². The number of aliphatic hydroxyl groups is 1. The van der Waals surface area contributed by atoms with Crippen molar-refractivity contribution in [3.8, 4) is 0 Å². The molecule has 0 bridgehead atoms. The van der Waals surface area contributed by atoms with E-state index < -0.39 is 23.6 Å². The highest BCUT2D eigenvalue weighted by Gasteiger charge is 2.37. The van der Waals surface area contributed by atoms with Crippen LogP contribution in [-0.2, 0) is 15.2 Å². The van der Waals surface area contributed by atoms with Crippen molar-refractivity contribution < 1.29 is 19.5 Å². The van der Waals surface area contributed by atoms with E-state index >= 15 is 0 Å². The zero-order chi connectivity index (χ0) is 18.0. The number of hydrogen-bond donors (Lipinski definition) is 3. The minimum absolute atomic E-state index is 0.0761. The van der Waals surface area contributed by atoms with Crippen LogP contribution in [-0.4, -0.2) is 52.0 Å². The molecule has 2 saturated heterocycles. The fourth-order valence-corrected chi connectivity index (χ4v) is 3.21. The van der Waals surface area contributed by atoms with E-state index in [1.165, 1.54) is 0 Å². The van der Waals surface area contributed by atoms with E-state index in [2.05, 4.69) is 15.6 Å². The van der Waals surface area contributed by atoms with Gasteiger partial charge in [-0.2, -0.15) is 0 Å². The van der Waals surface area contributed by atoms with Crippen LogP contribution in [0.2, 0.25) is 0 Å². The molecule has 2 aliphatic heterocycles. The summed E-state index contributed by atoms with van der Waals surface area (Å²) in [7, 11) is 0. The van der Waals surface area contributed by atoms with Crippen molar-refractivity contribution >= 4 is 17.8 Å². The molecule has 134 valence electrons. The van der Waals surface area contributed by atoms with Crippen LogP contribution >= 0.6 is 0 Å².